The number of ether oxygens (including phenoxy) is 1. The van der Waals surface area contributed by atoms with Crippen molar-refractivity contribution in [3.63, 3.8) is 0 Å². The topological polar surface area (TPSA) is 93.5 Å². The highest BCUT2D eigenvalue weighted by molar-refractivity contribution is 6.34. The summed E-state index contributed by atoms with van der Waals surface area (Å²) in [5.74, 6) is -0.378. The molecule has 1 aromatic rings. The number of carbonyl (C=O) groups excluding carboxylic acids is 2. The fourth-order valence-electron chi connectivity index (χ4n) is 2.75. The van der Waals surface area contributed by atoms with Gasteiger partial charge in [-0.25, -0.2) is 0 Å². The van der Waals surface area contributed by atoms with Gasteiger partial charge in [-0.1, -0.05) is 18.5 Å². The van der Waals surface area contributed by atoms with Crippen molar-refractivity contribution in [2.75, 3.05) is 18.5 Å². The first-order valence-corrected chi connectivity index (χ1v) is 9.37. The van der Waals surface area contributed by atoms with Crippen molar-refractivity contribution in [3.05, 3.63) is 28.8 Å². The maximum absolute atomic E-state index is 12.4. The lowest BCUT2D eigenvalue weighted by atomic mass is 9.92. The Morgan fingerprint density at radius 1 is 1.33 bits per heavy atom. The van der Waals surface area contributed by atoms with Crippen LogP contribution in [0.5, 0.6) is 0 Å². The summed E-state index contributed by atoms with van der Waals surface area (Å²) >= 11 is 6.25. The minimum atomic E-state index is -0.592. The normalized spacial score (nSPS) is 16.2. The second kappa shape index (κ2) is 10.3. The van der Waals surface area contributed by atoms with Gasteiger partial charge in [0.1, 0.15) is 0 Å². The number of anilines is 1. The number of hydrogen-bond donors (Lipinski definition) is 3. The summed E-state index contributed by atoms with van der Waals surface area (Å²) in [6.45, 7) is 7.17. The molecule has 1 atom stereocenters. The Morgan fingerprint density at radius 2 is 1.96 bits per heavy atom. The number of hydrogen-bond acceptors (Lipinski definition) is 4. The summed E-state index contributed by atoms with van der Waals surface area (Å²) < 4.78 is 5.30. The largest absolute Gasteiger partial charge is 0.381 e. The molecule has 1 unspecified atom stereocenters. The Balaban J connectivity index is 0.00000364. The van der Waals surface area contributed by atoms with Gasteiger partial charge in [-0.15, -0.1) is 12.4 Å². The third-order valence-corrected chi connectivity index (χ3v) is 5.21. The third-order valence-electron chi connectivity index (χ3n) is 4.89. The summed E-state index contributed by atoms with van der Waals surface area (Å²) in [6, 6.07) is 4.25. The summed E-state index contributed by atoms with van der Waals surface area (Å²) in [5, 5.41) is 6.01. The van der Waals surface area contributed by atoms with Crippen molar-refractivity contribution < 1.29 is 14.3 Å². The van der Waals surface area contributed by atoms with Gasteiger partial charge in [0.25, 0.3) is 5.91 Å². The first-order valence-electron chi connectivity index (χ1n) is 9.00. The Kier molecular flexibility index (Phi) is 9.02. The van der Waals surface area contributed by atoms with Crippen LogP contribution in [0.3, 0.4) is 0 Å². The van der Waals surface area contributed by atoms with Crippen molar-refractivity contribution in [3.8, 4) is 0 Å². The first kappa shape index (κ1) is 23.7. The highest BCUT2D eigenvalue weighted by Crippen LogP contribution is 2.23. The lowest BCUT2D eigenvalue weighted by Crippen LogP contribution is -2.44. The molecule has 1 aromatic carbocycles. The molecule has 0 saturated carbocycles. The molecule has 27 heavy (non-hydrogen) atoms. The van der Waals surface area contributed by atoms with Gasteiger partial charge in [0, 0.05) is 24.4 Å². The van der Waals surface area contributed by atoms with Crippen LogP contribution in [0, 0.1) is 5.92 Å². The van der Waals surface area contributed by atoms with E-state index in [1.807, 2.05) is 20.8 Å². The van der Waals surface area contributed by atoms with Crippen molar-refractivity contribution in [2.45, 2.75) is 51.6 Å². The fraction of sp³-hybridized carbons (Fsp3) is 0.579. The molecule has 1 fully saturated rings. The van der Waals surface area contributed by atoms with Gasteiger partial charge in [0.2, 0.25) is 5.91 Å². The minimum absolute atomic E-state index is 0. The number of carbonyl (C=O) groups is 2. The second-order valence-corrected chi connectivity index (χ2v) is 7.76. The average molecular weight is 418 g/mol. The van der Waals surface area contributed by atoms with Gasteiger partial charge >= 0.3 is 0 Å². The van der Waals surface area contributed by atoms with Crippen LogP contribution in [-0.4, -0.2) is 36.6 Å². The number of rotatable bonds is 6. The van der Waals surface area contributed by atoms with E-state index in [-0.39, 0.29) is 40.7 Å². The van der Waals surface area contributed by atoms with Crippen LogP contribution in [0.2, 0.25) is 5.02 Å². The highest BCUT2D eigenvalue weighted by Gasteiger charge is 2.27. The van der Waals surface area contributed by atoms with E-state index in [1.54, 1.807) is 18.2 Å². The monoisotopic (exact) mass is 417 g/mol. The Bertz CT molecular complexity index is 662. The molecule has 0 spiro atoms. The van der Waals surface area contributed by atoms with Crippen molar-refractivity contribution in [1.29, 1.82) is 0 Å². The molecule has 1 heterocycles. The van der Waals surface area contributed by atoms with Gasteiger partial charge in [0.15, 0.2) is 0 Å². The van der Waals surface area contributed by atoms with Gasteiger partial charge in [-0.05, 0) is 57.2 Å². The molecule has 6 nitrogen and oxygen atoms in total. The Hall–Kier alpha value is -1.34. The molecular formula is C19H29Cl2N3O3. The van der Waals surface area contributed by atoms with Crippen LogP contribution in [-0.2, 0) is 9.53 Å². The number of nitrogens with two attached hydrogens (primary N) is 1. The van der Waals surface area contributed by atoms with Crippen LogP contribution >= 0.6 is 24.0 Å². The van der Waals surface area contributed by atoms with Crippen LogP contribution in [0.4, 0.5) is 5.69 Å². The van der Waals surface area contributed by atoms with Crippen LogP contribution < -0.4 is 16.4 Å². The summed E-state index contributed by atoms with van der Waals surface area (Å²) in [6.07, 6.45) is 2.36. The molecule has 0 radical (unpaired) electrons. The second-order valence-electron chi connectivity index (χ2n) is 7.35. The Labute approximate surface area is 172 Å². The van der Waals surface area contributed by atoms with Crippen molar-refractivity contribution >= 4 is 41.5 Å². The van der Waals surface area contributed by atoms with Gasteiger partial charge in [-0.3, -0.25) is 9.59 Å². The summed E-state index contributed by atoms with van der Waals surface area (Å²) in [4.78, 5) is 24.7. The maximum atomic E-state index is 12.4. The SMILES string of the molecule is CCC(C)(C)NC(=O)c1ccc(NC(=O)C(N)C2CCOCC2)cc1Cl.Cl. The zero-order valence-electron chi connectivity index (χ0n) is 16.0. The quantitative estimate of drug-likeness (QED) is 0.660. The predicted octanol–water partition coefficient (Wildman–Crippen LogP) is 3.37. The molecule has 0 aliphatic carbocycles. The molecule has 0 aromatic heterocycles. The molecule has 1 aliphatic rings. The number of halogens is 2. The van der Waals surface area contributed by atoms with Gasteiger partial charge in [0.05, 0.1) is 16.6 Å². The predicted molar refractivity (Wildman–Crippen MR) is 111 cm³/mol. The minimum Gasteiger partial charge on any atom is -0.381 e. The molecule has 2 amide bonds. The molecule has 0 bridgehead atoms. The van der Waals surface area contributed by atoms with E-state index in [1.165, 1.54) is 0 Å². The van der Waals surface area contributed by atoms with Crippen molar-refractivity contribution in [2.24, 2.45) is 11.7 Å². The van der Waals surface area contributed by atoms with Crippen LogP contribution in [0.15, 0.2) is 18.2 Å². The van der Waals surface area contributed by atoms with E-state index >= 15 is 0 Å². The zero-order valence-corrected chi connectivity index (χ0v) is 17.6. The molecule has 4 N–H and O–H groups in total. The first-order chi connectivity index (χ1) is 12.2. The summed E-state index contributed by atoms with van der Waals surface area (Å²) in [7, 11) is 0. The standard InChI is InChI=1S/C19H28ClN3O3.ClH/c1-4-19(2,3)23-17(24)14-6-5-13(11-15(14)20)22-18(25)16(21)12-7-9-26-10-8-12;/h5-6,11-12,16H,4,7-10,21H2,1-3H3,(H,22,25)(H,23,24);1H. The van der Waals surface area contributed by atoms with E-state index < -0.39 is 6.04 Å². The van der Waals surface area contributed by atoms with E-state index in [2.05, 4.69) is 10.6 Å². The molecular weight excluding hydrogens is 389 g/mol. The molecule has 2 rings (SSSR count). The van der Waals surface area contributed by atoms with Crippen LogP contribution in [0.1, 0.15) is 50.4 Å². The maximum Gasteiger partial charge on any atom is 0.253 e. The number of nitrogens with one attached hydrogen (secondary N) is 2. The van der Waals surface area contributed by atoms with Crippen molar-refractivity contribution in [1.82, 2.24) is 5.32 Å². The highest BCUT2D eigenvalue weighted by atomic mass is 35.5. The fourth-order valence-corrected chi connectivity index (χ4v) is 3.02. The summed E-state index contributed by atoms with van der Waals surface area (Å²) in [5.41, 5.74) is 6.66. The molecule has 1 aliphatic heterocycles. The third kappa shape index (κ3) is 6.64. The lowest BCUT2D eigenvalue weighted by Gasteiger charge is -2.27. The average Bonchev–Trinajstić information content (AvgIpc) is 2.61. The van der Waals surface area contributed by atoms with E-state index in [0.29, 0.717) is 24.5 Å². The van der Waals surface area contributed by atoms with Crippen LogP contribution in [0.25, 0.3) is 0 Å². The number of amides is 2. The van der Waals surface area contributed by atoms with E-state index in [0.717, 1.165) is 19.3 Å². The van der Waals surface area contributed by atoms with Gasteiger partial charge in [-0.2, -0.15) is 0 Å². The van der Waals surface area contributed by atoms with E-state index in [9.17, 15) is 9.59 Å². The molecule has 152 valence electrons. The Morgan fingerprint density at radius 3 is 2.52 bits per heavy atom. The molecule has 8 heteroatoms. The zero-order chi connectivity index (χ0) is 19.3. The van der Waals surface area contributed by atoms with Gasteiger partial charge < -0.3 is 21.1 Å². The lowest BCUT2D eigenvalue weighted by molar-refractivity contribution is -0.119. The van der Waals surface area contributed by atoms with E-state index in [4.69, 9.17) is 22.1 Å². The number of benzene rings is 1. The smallest absolute Gasteiger partial charge is 0.253 e. The molecule has 1 saturated heterocycles.